The van der Waals surface area contributed by atoms with E-state index >= 15 is 0 Å². The molecule has 2 aromatic rings. The van der Waals surface area contributed by atoms with Crippen LogP contribution in [0.3, 0.4) is 0 Å². The minimum absolute atomic E-state index is 0.234. The fourth-order valence-corrected chi connectivity index (χ4v) is 3.32. The van der Waals surface area contributed by atoms with Crippen molar-refractivity contribution in [3.8, 4) is 11.5 Å². The van der Waals surface area contributed by atoms with Crippen molar-refractivity contribution in [2.75, 3.05) is 31.3 Å². The van der Waals surface area contributed by atoms with Gasteiger partial charge in [0, 0.05) is 12.3 Å². The quantitative estimate of drug-likeness (QED) is 0.679. The van der Waals surface area contributed by atoms with E-state index in [4.69, 9.17) is 9.47 Å². The van der Waals surface area contributed by atoms with Gasteiger partial charge in [0.15, 0.2) is 4.34 Å². The molecule has 0 radical (unpaired) electrons. The Kier molecular flexibility index (Phi) is 6.75. The Morgan fingerprint density at radius 1 is 1.27 bits per heavy atom. The first kappa shape index (κ1) is 16.9. The van der Waals surface area contributed by atoms with E-state index in [1.807, 2.05) is 31.2 Å². The summed E-state index contributed by atoms with van der Waals surface area (Å²) in [6.45, 7) is 3.06. The van der Waals surface area contributed by atoms with Gasteiger partial charge in [0.2, 0.25) is 5.13 Å². The van der Waals surface area contributed by atoms with Crippen LogP contribution in [0.5, 0.6) is 11.5 Å². The van der Waals surface area contributed by atoms with Crippen LogP contribution >= 0.6 is 23.1 Å². The van der Waals surface area contributed by atoms with Crippen LogP contribution in [0.4, 0.5) is 5.13 Å². The number of benzene rings is 1. The number of rotatable bonds is 9. The average molecular weight is 341 g/mol. The highest BCUT2D eigenvalue weighted by molar-refractivity contribution is 8.01. The van der Waals surface area contributed by atoms with Gasteiger partial charge in [-0.1, -0.05) is 23.1 Å². The van der Waals surface area contributed by atoms with Gasteiger partial charge in [-0.05, 0) is 31.2 Å². The van der Waals surface area contributed by atoms with Crippen molar-refractivity contribution >= 4 is 28.2 Å². The van der Waals surface area contributed by atoms with Gasteiger partial charge in [0.25, 0.3) is 0 Å². The molecule has 120 valence electrons. The molecule has 22 heavy (non-hydrogen) atoms. The van der Waals surface area contributed by atoms with Gasteiger partial charge in [0.05, 0.1) is 13.2 Å². The molecule has 0 aliphatic rings. The third-order valence-electron chi connectivity index (χ3n) is 2.64. The van der Waals surface area contributed by atoms with Gasteiger partial charge < -0.3 is 19.9 Å². The number of anilines is 1. The highest BCUT2D eigenvalue weighted by atomic mass is 32.2. The molecule has 1 aromatic heterocycles. The number of nitrogens with one attached hydrogen (secondary N) is 1. The molecule has 0 aliphatic carbocycles. The number of methoxy groups -OCH3 is 1. The second-order valence-corrected chi connectivity index (χ2v) is 6.60. The van der Waals surface area contributed by atoms with Crippen molar-refractivity contribution in [1.82, 2.24) is 10.2 Å². The monoisotopic (exact) mass is 341 g/mol. The first-order chi connectivity index (χ1) is 10.7. The topological polar surface area (TPSA) is 76.5 Å². The number of nitrogens with zero attached hydrogens (tertiary/aromatic N) is 2. The smallest absolute Gasteiger partial charge is 0.206 e. The van der Waals surface area contributed by atoms with Crippen molar-refractivity contribution in [3.05, 3.63) is 24.3 Å². The standard InChI is InChI=1S/C14H19N3O3S2/c1-3-15-13-16-17-14(22-13)21-9-10(18)8-20-12-6-4-11(19-2)5-7-12/h4-7,10,18H,3,8-9H2,1-2H3,(H,15,16). The molecule has 1 unspecified atom stereocenters. The van der Waals surface area contributed by atoms with Gasteiger partial charge in [-0.15, -0.1) is 10.2 Å². The van der Waals surface area contributed by atoms with Crippen LogP contribution in [-0.4, -0.2) is 47.4 Å². The summed E-state index contributed by atoms with van der Waals surface area (Å²) in [7, 11) is 1.62. The second-order valence-electron chi connectivity index (χ2n) is 4.35. The molecule has 1 atom stereocenters. The van der Waals surface area contributed by atoms with E-state index < -0.39 is 6.10 Å². The maximum absolute atomic E-state index is 9.95. The maximum Gasteiger partial charge on any atom is 0.206 e. The summed E-state index contributed by atoms with van der Waals surface area (Å²) in [5.41, 5.74) is 0. The molecular formula is C14H19N3O3S2. The van der Waals surface area contributed by atoms with Crippen LogP contribution in [0.2, 0.25) is 0 Å². The van der Waals surface area contributed by atoms with E-state index in [9.17, 15) is 5.11 Å². The zero-order valence-corrected chi connectivity index (χ0v) is 14.1. The molecule has 8 heteroatoms. The van der Waals surface area contributed by atoms with Crippen LogP contribution in [0, 0.1) is 0 Å². The van der Waals surface area contributed by atoms with Crippen LogP contribution in [-0.2, 0) is 0 Å². The Bertz CT molecular complexity index is 563. The van der Waals surface area contributed by atoms with E-state index in [2.05, 4.69) is 15.5 Å². The average Bonchev–Trinajstić information content (AvgIpc) is 2.99. The third kappa shape index (κ3) is 5.36. The Labute approximate surface area is 137 Å². The lowest BCUT2D eigenvalue weighted by Crippen LogP contribution is -2.19. The van der Waals surface area contributed by atoms with Gasteiger partial charge >= 0.3 is 0 Å². The number of aromatic nitrogens is 2. The number of hydrogen-bond acceptors (Lipinski definition) is 8. The fraction of sp³-hybridized carbons (Fsp3) is 0.429. The lowest BCUT2D eigenvalue weighted by Gasteiger charge is -2.11. The van der Waals surface area contributed by atoms with Crippen LogP contribution in [0.25, 0.3) is 0 Å². The van der Waals surface area contributed by atoms with E-state index in [-0.39, 0.29) is 6.61 Å². The minimum Gasteiger partial charge on any atom is -0.497 e. The fourth-order valence-electron chi connectivity index (χ4n) is 1.57. The molecule has 2 rings (SSSR count). The Hall–Kier alpha value is -1.51. The minimum atomic E-state index is -0.571. The Morgan fingerprint density at radius 3 is 2.68 bits per heavy atom. The molecule has 0 amide bonds. The maximum atomic E-state index is 9.95. The van der Waals surface area contributed by atoms with E-state index in [1.165, 1.54) is 23.1 Å². The van der Waals surface area contributed by atoms with Gasteiger partial charge in [-0.3, -0.25) is 0 Å². The SMILES string of the molecule is CCNc1nnc(SCC(O)COc2ccc(OC)cc2)s1. The molecule has 6 nitrogen and oxygen atoms in total. The van der Waals surface area contributed by atoms with Gasteiger partial charge in [0.1, 0.15) is 18.1 Å². The zero-order valence-electron chi connectivity index (χ0n) is 12.5. The molecule has 1 heterocycles. The summed E-state index contributed by atoms with van der Waals surface area (Å²) in [4.78, 5) is 0. The lowest BCUT2D eigenvalue weighted by atomic mass is 10.3. The molecule has 0 saturated carbocycles. The Morgan fingerprint density at radius 2 is 2.00 bits per heavy atom. The molecule has 0 aliphatic heterocycles. The molecule has 0 saturated heterocycles. The molecule has 0 spiro atoms. The Balaban J connectivity index is 1.71. The number of aliphatic hydroxyl groups excluding tert-OH is 1. The predicted octanol–water partition coefficient (Wildman–Crippen LogP) is 2.51. The van der Waals surface area contributed by atoms with Crippen LogP contribution < -0.4 is 14.8 Å². The van der Waals surface area contributed by atoms with Crippen LogP contribution in [0.15, 0.2) is 28.6 Å². The van der Waals surface area contributed by atoms with Gasteiger partial charge in [-0.25, -0.2) is 0 Å². The van der Waals surface area contributed by atoms with Crippen LogP contribution in [0.1, 0.15) is 6.92 Å². The molecule has 0 bridgehead atoms. The highest BCUT2D eigenvalue weighted by Gasteiger charge is 2.10. The third-order valence-corrected chi connectivity index (χ3v) is 4.79. The summed E-state index contributed by atoms with van der Waals surface area (Å²) in [6, 6.07) is 7.26. The number of ether oxygens (including phenoxy) is 2. The predicted molar refractivity (Wildman–Crippen MR) is 89.3 cm³/mol. The highest BCUT2D eigenvalue weighted by Crippen LogP contribution is 2.26. The number of aliphatic hydroxyl groups is 1. The molecular weight excluding hydrogens is 322 g/mol. The lowest BCUT2D eigenvalue weighted by molar-refractivity contribution is 0.126. The number of hydrogen-bond donors (Lipinski definition) is 2. The van der Waals surface area contributed by atoms with Gasteiger partial charge in [-0.2, -0.15) is 0 Å². The summed E-state index contributed by atoms with van der Waals surface area (Å²) in [5.74, 6) is 1.99. The van der Waals surface area contributed by atoms with E-state index in [0.717, 1.165) is 21.8 Å². The van der Waals surface area contributed by atoms with Crippen molar-refractivity contribution in [2.45, 2.75) is 17.4 Å². The van der Waals surface area contributed by atoms with E-state index in [0.29, 0.717) is 11.5 Å². The van der Waals surface area contributed by atoms with Crippen molar-refractivity contribution < 1.29 is 14.6 Å². The van der Waals surface area contributed by atoms with Crippen molar-refractivity contribution in [3.63, 3.8) is 0 Å². The summed E-state index contributed by atoms with van der Waals surface area (Å²) in [6.07, 6.45) is -0.571. The first-order valence-electron chi connectivity index (χ1n) is 6.86. The first-order valence-corrected chi connectivity index (χ1v) is 8.66. The largest absolute Gasteiger partial charge is 0.497 e. The summed E-state index contributed by atoms with van der Waals surface area (Å²) < 4.78 is 11.4. The zero-order chi connectivity index (χ0) is 15.8. The summed E-state index contributed by atoms with van der Waals surface area (Å²) >= 11 is 2.95. The van der Waals surface area contributed by atoms with Crippen molar-refractivity contribution in [2.24, 2.45) is 0 Å². The number of thioether (sulfide) groups is 1. The second kappa shape index (κ2) is 8.82. The van der Waals surface area contributed by atoms with Crippen molar-refractivity contribution in [1.29, 1.82) is 0 Å². The van der Waals surface area contributed by atoms with E-state index in [1.54, 1.807) is 7.11 Å². The summed E-state index contributed by atoms with van der Waals surface area (Å²) in [5, 5.41) is 21.9. The molecule has 1 aromatic carbocycles. The molecule has 2 N–H and O–H groups in total. The normalized spacial score (nSPS) is 12.0. The molecule has 0 fully saturated rings.